The zero-order chi connectivity index (χ0) is 28.9. The van der Waals surface area contributed by atoms with Gasteiger partial charge in [-0.2, -0.15) is 4.39 Å². The molecule has 216 valence electrons. The number of alkyl halides is 1. The third-order valence-corrected chi connectivity index (χ3v) is 7.59. The van der Waals surface area contributed by atoms with Gasteiger partial charge < -0.3 is 14.6 Å². The van der Waals surface area contributed by atoms with Gasteiger partial charge >= 0.3 is 0 Å². The summed E-state index contributed by atoms with van der Waals surface area (Å²) in [4.78, 5) is 19.0. The molecular formula is C28H31F4N3O5. The number of benzene rings is 2. The van der Waals surface area contributed by atoms with E-state index in [2.05, 4.69) is 4.98 Å². The molecule has 1 fully saturated rings. The van der Waals surface area contributed by atoms with E-state index in [9.17, 15) is 32.7 Å². The quantitative estimate of drug-likeness (QED) is 0.135. The maximum absolute atomic E-state index is 13.9. The summed E-state index contributed by atoms with van der Waals surface area (Å²) in [7, 11) is 1.50. The monoisotopic (exact) mass is 565 g/mol. The zero-order valence-corrected chi connectivity index (χ0v) is 21.9. The number of aromatic nitrogens is 1. The number of likely N-dealkylation sites (tertiary alicyclic amines) is 1. The fourth-order valence-corrected chi connectivity index (χ4v) is 5.25. The molecule has 40 heavy (non-hydrogen) atoms. The van der Waals surface area contributed by atoms with E-state index in [0.717, 1.165) is 6.07 Å². The van der Waals surface area contributed by atoms with Gasteiger partial charge in [0.1, 0.15) is 24.8 Å². The number of aliphatic hydroxyl groups excluding tert-OH is 1. The second kappa shape index (κ2) is 12.8. The molecule has 1 atom stereocenters. The van der Waals surface area contributed by atoms with Crippen LogP contribution in [0.15, 0.2) is 36.5 Å². The van der Waals surface area contributed by atoms with Crippen LogP contribution in [-0.4, -0.2) is 59.5 Å². The number of carbonyl (C=O) groups excluding carboxylic acids is 1. The molecule has 0 unspecified atom stereocenters. The number of amides is 1. The van der Waals surface area contributed by atoms with Crippen molar-refractivity contribution in [3.63, 3.8) is 0 Å². The Labute approximate surface area is 228 Å². The summed E-state index contributed by atoms with van der Waals surface area (Å²) in [5.41, 5.74) is 1.91. The van der Waals surface area contributed by atoms with Gasteiger partial charge in [0.05, 0.1) is 24.1 Å². The van der Waals surface area contributed by atoms with Crippen LogP contribution in [0, 0.1) is 22.9 Å². The van der Waals surface area contributed by atoms with E-state index >= 15 is 0 Å². The molecule has 3 N–H and O–H groups in total. The molecule has 4 rings (SSSR count). The van der Waals surface area contributed by atoms with Crippen LogP contribution in [0.3, 0.4) is 0 Å². The van der Waals surface area contributed by atoms with Crippen LogP contribution in [0.25, 0.3) is 10.9 Å². The lowest BCUT2D eigenvalue weighted by molar-refractivity contribution is -0.144. The van der Waals surface area contributed by atoms with Crippen LogP contribution in [-0.2, 0) is 11.5 Å². The topological polar surface area (TPSA) is 104 Å². The van der Waals surface area contributed by atoms with Gasteiger partial charge in [-0.05, 0) is 62.5 Å². The molecule has 1 aliphatic heterocycles. The Hall–Kier alpha value is -3.48. The highest BCUT2D eigenvalue weighted by atomic mass is 19.2. The summed E-state index contributed by atoms with van der Waals surface area (Å²) < 4.78 is 65.0. The van der Waals surface area contributed by atoms with Crippen LogP contribution in [0.4, 0.5) is 17.6 Å². The number of hydroxylamine groups is 1. The highest BCUT2D eigenvalue weighted by Gasteiger charge is 2.41. The molecule has 1 saturated heterocycles. The average molecular weight is 566 g/mol. The Morgan fingerprint density at radius 2 is 1.95 bits per heavy atom. The Morgan fingerprint density at radius 1 is 1.20 bits per heavy atom. The van der Waals surface area contributed by atoms with E-state index in [1.54, 1.807) is 23.7 Å². The number of methoxy groups -OCH3 is 1. The normalized spacial score (nSPS) is 16.1. The molecule has 8 nitrogen and oxygen atoms in total. The largest absolute Gasteiger partial charge is 0.497 e. The van der Waals surface area contributed by atoms with Crippen LogP contribution >= 0.6 is 0 Å². The molecular weight excluding hydrogens is 534 g/mol. The van der Waals surface area contributed by atoms with Crippen LogP contribution in [0.5, 0.6) is 11.5 Å². The zero-order valence-electron chi connectivity index (χ0n) is 21.9. The summed E-state index contributed by atoms with van der Waals surface area (Å²) in [5, 5.41) is 21.2. The average Bonchev–Trinajstić information content (AvgIpc) is 2.97. The molecule has 2 aromatic carbocycles. The van der Waals surface area contributed by atoms with Gasteiger partial charge in [0.25, 0.3) is 0 Å². The number of pyridine rings is 1. The highest BCUT2D eigenvalue weighted by molar-refractivity contribution is 5.85. The maximum atomic E-state index is 13.9. The lowest BCUT2D eigenvalue weighted by Crippen LogP contribution is -2.49. The van der Waals surface area contributed by atoms with Crippen molar-refractivity contribution in [3.8, 4) is 11.5 Å². The summed E-state index contributed by atoms with van der Waals surface area (Å²) in [6, 6.07) is 6.31. The van der Waals surface area contributed by atoms with Gasteiger partial charge in [-0.15, -0.1) is 0 Å². The fourth-order valence-electron chi connectivity index (χ4n) is 5.25. The lowest BCUT2D eigenvalue weighted by Gasteiger charge is -2.40. The molecule has 12 heteroatoms. The highest BCUT2D eigenvalue weighted by Crippen LogP contribution is 2.40. The van der Waals surface area contributed by atoms with Gasteiger partial charge in [-0.1, -0.05) is 0 Å². The minimum Gasteiger partial charge on any atom is -0.497 e. The van der Waals surface area contributed by atoms with Crippen molar-refractivity contribution < 1.29 is 42.1 Å². The number of nitrogens with zero attached hydrogens (tertiary/aromatic N) is 2. The van der Waals surface area contributed by atoms with Crippen molar-refractivity contribution in [3.05, 3.63) is 65.1 Å². The van der Waals surface area contributed by atoms with E-state index in [4.69, 9.17) is 9.47 Å². The molecule has 3 aromatic rings. The first-order valence-corrected chi connectivity index (χ1v) is 12.8. The third kappa shape index (κ3) is 6.29. The van der Waals surface area contributed by atoms with Crippen LogP contribution in [0.2, 0.25) is 0 Å². The summed E-state index contributed by atoms with van der Waals surface area (Å²) >= 11 is 0. The number of piperidine rings is 1. The predicted octanol–water partition coefficient (Wildman–Crippen LogP) is 4.61. The van der Waals surface area contributed by atoms with E-state index < -0.39 is 47.3 Å². The van der Waals surface area contributed by atoms with Crippen molar-refractivity contribution >= 4 is 16.8 Å². The van der Waals surface area contributed by atoms with Crippen molar-refractivity contribution in [2.45, 2.75) is 38.5 Å². The van der Waals surface area contributed by atoms with Gasteiger partial charge in [-0.3, -0.25) is 19.9 Å². The predicted molar refractivity (Wildman–Crippen MR) is 137 cm³/mol. The Bertz CT molecular complexity index is 1350. The third-order valence-electron chi connectivity index (χ3n) is 7.59. The number of carbonyl (C=O) groups is 1. The number of ether oxygens (including phenoxy) is 2. The van der Waals surface area contributed by atoms with Gasteiger partial charge in [0.2, 0.25) is 11.7 Å². The Morgan fingerprint density at radius 3 is 2.62 bits per heavy atom. The first kappa shape index (κ1) is 29.5. The van der Waals surface area contributed by atoms with E-state index in [1.807, 2.05) is 4.90 Å². The minimum atomic E-state index is -1.34. The standard InChI is InChI=1S/C28H31F4N3O5/c1-39-19-2-3-22-20(14-19)25(17(15-29)16-33-22)23(36)4-5-28(27(37)34-38)6-8-35(9-7-28)10-11-40-24-13-18(30)12-21(31)26(24)32/h2-3,12-14,16,23,36,38H,4-11,15H2,1H3,(H,34,37)/t23-/m1/s1. The molecule has 0 radical (unpaired) electrons. The molecule has 1 amide bonds. The molecule has 1 aromatic heterocycles. The van der Waals surface area contributed by atoms with Gasteiger partial charge in [0, 0.05) is 35.8 Å². The number of fused-ring (bicyclic) bond motifs is 1. The number of nitrogens with one attached hydrogen (secondary N) is 1. The van der Waals surface area contributed by atoms with Crippen molar-refractivity contribution in [2.75, 3.05) is 33.4 Å². The maximum Gasteiger partial charge on any atom is 0.249 e. The SMILES string of the molecule is COc1ccc2ncc(CF)c([C@H](O)CCC3(C(=O)NO)CCN(CCOc4cc(F)cc(F)c4F)CC3)c2c1. The summed E-state index contributed by atoms with van der Waals surface area (Å²) in [5.74, 6) is -4.14. The van der Waals surface area contributed by atoms with Crippen molar-refractivity contribution in [1.29, 1.82) is 0 Å². The van der Waals surface area contributed by atoms with Crippen molar-refractivity contribution in [2.24, 2.45) is 5.41 Å². The van der Waals surface area contributed by atoms with Crippen LogP contribution < -0.4 is 15.0 Å². The van der Waals surface area contributed by atoms with E-state index in [0.29, 0.717) is 60.8 Å². The lowest BCUT2D eigenvalue weighted by atomic mass is 9.73. The second-order valence-corrected chi connectivity index (χ2v) is 9.88. The Kier molecular flexibility index (Phi) is 9.44. The van der Waals surface area contributed by atoms with E-state index in [1.165, 1.54) is 13.3 Å². The fraction of sp³-hybridized carbons (Fsp3) is 0.429. The first-order chi connectivity index (χ1) is 19.2. The van der Waals surface area contributed by atoms with Gasteiger partial charge in [0.15, 0.2) is 11.6 Å². The molecule has 0 spiro atoms. The molecule has 0 aliphatic carbocycles. The number of hydrogen-bond acceptors (Lipinski definition) is 7. The Balaban J connectivity index is 1.42. The van der Waals surface area contributed by atoms with E-state index in [-0.39, 0.29) is 25.0 Å². The number of aliphatic hydroxyl groups is 1. The first-order valence-electron chi connectivity index (χ1n) is 12.8. The van der Waals surface area contributed by atoms with Crippen LogP contribution in [0.1, 0.15) is 42.9 Å². The van der Waals surface area contributed by atoms with Crippen molar-refractivity contribution in [1.82, 2.24) is 15.4 Å². The molecule has 0 bridgehead atoms. The molecule has 2 heterocycles. The summed E-state index contributed by atoms with van der Waals surface area (Å²) in [6.45, 7) is 0.262. The summed E-state index contributed by atoms with van der Waals surface area (Å²) in [6.07, 6.45) is 1.25. The molecule has 0 saturated carbocycles. The minimum absolute atomic E-state index is 0.0394. The number of hydrogen-bond donors (Lipinski definition) is 3. The van der Waals surface area contributed by atoms with Gasteiger partial charge in [-0.25, -0.2) is 18.7 Å². The number of halogens is 4. The smallest absolute Gasteiger partial charge is 0.249 e. The second-order valence-electron chi connectivity index (χ2n) is 9.88. The number of rotatable bonds is 11. The molecule has 1 aliphatic rings.